The van der Waals surface area contributed by atoms with Crippen molar-refractivity contribution in [1.82, 2.24) is 5.32 Å². The number of piperidine rings is 1. The molecule has 0 atom stereocenters. The lowest BCUT2D eigenvalue weighted by molar-refractivity contribution is -0.122. The summed E-state index contributed by atoms with van der Waals surface area (Å²) in [4.78, 5) is 13.6. The van der Waals surface area contributed by atoms with Crippen LogP contribution in [-0.4, -0.2) is 25.5 Å². The normalized spacial score (nSPS) is 16.4. The van der Waals surface area contributed by atoms with Gasteiger partial charge in [-0.2, -0.15) is 0 Å². The summed E-state index contributed by atoms with van der Waals surface area (Å²) in [6.07, 6.45) is 1.73. The third kappa shape index (κ3) is 4.46. The SMILES string of the molecule is CC(C)CNCc1ccccc1N1CCC(C(N)=O)CC1. The topological polar surface area (TPSA) is 58.4 Å². The van der Waals surface area contributed by atoms with E-state index in [1.807, 2.05) is 0 Å². The van der Waals surface area contributed by atoms with Crippen molar-refractivity contribution in [3.63, 3.8) is 0 Å². The van der Waals surface area contributed by atoms with Gasteiger partial charge in [0.05, 0.1) is 0 Å². The minimum atomic E-state index is -0.151. The smallest absolute Gasteiger partial charge is 0.220 e. The highest BCUT2D eigenvalue weighted by atomic mass is 16.1. The second-order valence-corrected chi connectivity index (χ2v) is 6.32. The molecule has 0 unspecified atom stereocenters. The Morgan fingerprint density at radius 2 is 2.00 bits per heavy atom. The van der Waals surface area contributed by atoms with Gasteiger partial charge in [0.15, 0.2) is 0 Å². The van der Waals surface area contributed by atoms with E-state index in [1.54, 1.807) is 0 Å². The van der Waals surface area contributed by atoms with Crippen LogP contribution in [0.4, 0.5) is 5.69 Å². The summed E-state index contributed by atoms with van der Waals surface area (Å²) >= 11 is 0. The average molecular weight is 289 g/mol. The number of nitrogens with one attached hydrogen (secondary N) is 1. The first-order valence-corrected chi connectivity index (χ1v) is 7.90. The van der Waals surface area contributed by atoms with Crippen molar-refractivity contribution in [1.29, 1.82) is 0 Å². The molecule has 0 spiro atoms. The van der Waals surface area contributed by atoms with E-state index >= 15 is 0 Å². The lowest BCUT2D eigenvalue weighted by Crippen LogP contribution is -2.39. The molecule has 2 rings (SSSR count). The van der Waals surface area contributed by atoms with Crippen LogP contribution in [0.3, 0.4) is 0 Å². The van der Waals surface area contributed by atoms with Crippen molar-refractivity contribution in [3.05, 3.63) is 29.8 Å². The van der Waals surface area contributed by atoms with Crippen molar-refractivity contribution in [2.75, 3.05) is 24.5 Å². The molecule has 1 amide bonds. The number of anilines is 1. The number of nitrogens with zero attached hydrogens (tertiary/aromatic N) is 1. The van der Waals surface area contributed by atoms with Crippen LogP contribution in [0, 0.1) is 11.8 Å². The number of nitrogens with two attached hydrogens (primary N) is 1. The average Bonchev–Trinajstić information content (AvgIpc) is 2.47. The van der Waals surface area contributed by atoms with Gasteiger partial charge in [0.1, 0.15) is 0 Å². The number of primary amides is 1. The van der Waals surface area contributed by atoms with E-state index in [9.17, 15) is 4.79 Å². The second-order valence-electron chi connectivity index (χ2n) is 6.32. The van der Waals surface area contributed by atoms with Gasteiger partial charge >= 0.3 is 0 Å². The van der Waals surface area contributed by atoms with Gasteiger partial charge in [-0.1, -0.05) is 32.0 Å². The molecule has 1 aliphatic heterocycles. The van der Waals surface area contributed by atoms with Gasteiger partial charge < -0.3 is 16.0 Å². The summed E-state index contributed by atoms with van der Waals surface area (Å²) in [5.41, 5.74) is 8.03. The molecule has 4 heteroatoms. The number of amides is 1. The largest absolute Gasteiger partial charge is 0.371 e. The van der Waals surface area contributed by atoms with Crippen molar-refractivity contribution < 1.29 is 4.79 Å². The Bertz CT molecular complexity index is 465. The van der Waals surface area contributed by atoms with Gasteiger partial charge in [0.2, 0.25) is 5.91 Å². The first-order valence-electron chi connectivity index (χ1n) is 7.90. The van der Waals surface area contributed by atoms with Crippen LogP contribution in [0.15, 0.2) is 24.3 Å². The Balaban J connectivity index is 1.98. The molecule has 21 heavy (non-hydrogen) atoms. The number of carbonyl (C=O) groups is 1. The fourth-order valence-corrected chi connectivity index (χ4v) is 2.87. The summed E-state index contributed by atoms with van der Waals surface area (Å²) in [7, 11) is 0. The molecule has 1 fully saturated rings. The molecule has 1 heterocycles. The molecular formula is C17H27N3O. The molecule has 1 aromatic rings. The van der Waals surface area contributed by atoms with E-state index in [1.165, 1.54) is 11.3 Å². The number of rotatable bonds is 6. The third-order valence-corrected chi connectivity index (χ3v) is 4.10. The Morgan fingerprint density at radius 1 is 1.33 bits per heavy atom. The summed E-state index contributed by atoms with van der Waals surface area (Å²) in [5, 5.41) is 3.51. The number of hydrogen-bond donors (Lipinski definition) is 2. The van der Waals surface area contributed by atoms with Crippen molar-refractivity contribution in [3.8, 4) is 0 Å². The molecule has 1 aromatic carbocycles. The zero-order valence-corrected chi connectivity index (χ0v) is 13.1. The van der Waals surface area contributed by atoms with Gasteiger partial charge in [-0.3, -0.25) is 4.79 Å². The Morgan fingerprint density at radius 3 is 2.62 bits per heavy atom. The lowest BCUT2D eigenvalue weighted by Gasteiger charge is -2.33. The van der Waals surface area contributed by atoms with Gasteiger partial charge in [0.25, 0.3) is 0 Å². The maximum atomic E-state index is 11.3. The van der Waals surface area contributed by atoms with E-state index < -0.39 is 0 Å². The number of benzene rings is 1. The van der Waals surface area contributed by atoms with Crippen LogP contribution in [-0.2, 0) is 11.3 Å². The van der Waals surface area contributed by atoms with Crippen LogP contribution in [0.25, 0.3) is 0 Å². The van der Waals surface area contributed by atoms with Gasteiger partial charge in [-0.15, -0.1) is 0 Å². The molecule has 116 valence electrons. The highest BCUT2D eigenvalue weighted by Gasteiger charge is 2.24. The van der Waals surface area contributed by atoms with E-state index in [4.69, 9.17) is 5.73 Å². The molecule has 0 aliphatic carbocycles. The lowest BCUT2D eigenvalue weighted by atomic mass is 9.95. The van der Waals surface area contributed by atoms with E-state index in [2.05, 4.69) is 48.3 Å². The first kappa shape index (κ1) is 15.8. The summed E-state index contributed by atoms with van der Waals surface area (Å²) in [5.74, 6) is 0.553. The minimum Gasteiger partial charge on any atom is -0.371 e. The Kier molecular flexibility index (Phi) is 5.62. The van der Waals surface area contributed by atoms with E-state index in [-0.39, 0.29) is 11.8 Å². The Hall–Kier alpha value is -1.55. The van der Waals surface area contributed by atoms with Gasteiger partial charge in [0, 0.05) is 31.2 Å². The van der Waals surface area contributed by atoms with E-state index in [0.717, 1.165) is 39.0 Å². The molecule has 0 aromatic heterocycles. The zero-order valence-electron chi connectivity index (χ0n) is 13.1. The zero-order chi connectivity index (χ0) is 15.2. The third-order valence-electron chi connectivity index (χ3n) is 4.10. The number of para-hydroxylation sites is 1. The van der Waals surface area contributed by atoms with E-state index in [0.29, 0.717) is 5.92 Å². The Labute approximate surface area is 127 Å². The van der Waals surface area contributed by atoms with Crippen molar-refractivity contribution in [2.45, 2.75) is 33.2 Å². The first-order chi connectivity index (χ1) is 10.1. The monoisotopic (exact) mass is 289 g/mol. The molecule has 4 nitrogen and oxygen atoms in total. The van der Waals surface area contributed by atoms with Crippen molar-refractivity contribution >= 4 is 11.6 Å². The minimum absolute atomic E-state index is 0.0486. The van der Waals surface area contributed by atoms with Crippen LogP contribution in [0.5, 0.6) is 0 Å². The molecular weight excluding hydrogens is 262 g/mol. The molecule has 0 bridgehead atoms. The maximum absolute atomic E-state index is 11.3. The quantitative estimate of drug-likeness (QED) is 0.843. The highest BCUT2D eigenvalue weighted by Crippen LogP contribution is 2.26. The summed E-state index contributed by atoms with van der Waals surface area (Å²) in [6, 6.07) is 8.54. The van der Waals surface area contributed by atoms with Crippen LogP contribution in [0.1, 0.15) is 32.3 Å². The number of hydrogen-bond acceptors (Lipinski definition) is 3. The molecule has 3 N–H and O–H groups in total. The predicted molar refractivity (Wildman–Crippen MR) is 87.1 cm³/mol. The summed E-state index contributed by atoms with van der Waals surface area (Å²) in [6.45, 7) is 8.17. The van der Waals surface area contributed by atoms with Crippen LogP contribution < -0.4 is 16.0 Å². The van der Waals surface area contributed by atoms with Gasteiger partial charge in [-0.25, -0.2) is 0 Å². The standard InChI is InChI=1S/C17H27N3O/c1-13(2)11-19-12-15-5-3-4-6-16(15)20-9-7-14(8-10-20)17(18)21/h3-6,13-14,19H,7-12H2,1-2H3,(H2,18,21). The number of carbonyl (C=O) groups excluding carboxylic acids is 1. The van der Waals surface area contributed by atoms with Crippen molar-refractivity contribution in [2.24, 2.45) is 17.6 Å². The predicted octanol–water partition coefficient (Wildman–Crippen LogP) is 2.13. The molecule has 1 saturated heterocycles. The second kappa shape index (κ2) is 7.46. The highest BCUT2D eigenvalue weighted by molar-refractivity contribution is 5.77. The molecule has 0 saturated carbocycles. The fourth-order valence-electron chi connectivity index (χ4n) is 2.87. The summed E-state index contributed by atoms with van der Waals surface area (Å²) < 4.78 is 0. The maximum Gasteiger partial charge on any atom is 0.220 e. The van der Waals surface area contributed by atoms with Crippen LogP contribution >= 0.6 is 0 Å². The fraction of sp³-hybridized carbons (Fsp3) is 0.588. The molecule has 1 aliphatic rings. The van der Waals surface area contributed by atoms with Crippen LogP contribution in [0.2, 0.25) is 0 Å². The molecule has 0 radical (unpaired) electrons. The van der Waals surface area contributed by atoms with Gasteiger partial charge in [-0.05, 0) is 36.9 Å².